The topological polar surface area (TPSA) is 26.8 Å². The van der Waals surface area contributed by atoms with E-state index in [0.717, 1.165) is 19.4 Å². The van der Waals surface area contributed by atoms with Crippen LogP contribution >= 0.6 is 0 Å². The lowest BCUT2D eigenvalue weighted by Crippen LogP contribution is -2.52. The SMILES string of the molecule is O=C(C1CCCN(Cc2ccccc2F)C1)N1CCN(c2ccccc2F)CC1. The Kier molecular flexibility index (Phi) is 6.09. The molecule has 2 saturated heterocycles. The van der Waals surface area contributed by atoms with Crippen molar-refractivity contribution >= 4 is 11.6 Å². The van der Waals surface area contributed by atoms with Gasteiger partial charge in [-0.15, -0.1) is 0 Å². The molecule has 0 aliphatic carbocycles. The van der Waals surface area contributed by atoms with Gasteiger partial charge in [-0.3, -0.25) is 9.69 Å². The number of piperidine rings is 1. The zero-order valence-corrected chi connectivity index (χ0v) is 16.6. The molecule has 1 amide bonds. The highest BCUT2D eigenvalue weighted by Crippen LogP contribution is 2.24. The Labute approximate surface area is 170 Å². The first-order valence-corrected chi connectivity index (χ1v) is 10.4. The number of amides is 1. The summed E-state index contributed by atoms with van der Waals surface area (Å²) in [5.74, 6) is -0.277. The summed E-state index contributed by atoms with van der Waals surface area (Å²) in [5, 5.41) is 0. The van der Waals surface area contributed by atoms with Crippen molar-refractivity contribution in [2.75, 3.05) is 44.2 Å². The number of carbonyl (C=O) groups is 1. The molecule has 1 atom stereocenters. The minimum absolute atomic E-state index is 0.0458. The molecule has 0 spiro atoms. The number of carbonyl (C=O) groups excluding carboxylic acids is 1. The van der Waals surface area contributed by atoms with E-state index < -0.39 is 0 Å². The van der Waals surface area contributed by atoms with E-state index >= 15 is 0 Å². The highest BCUT2D eigenvalue weighted by atomic mass is 19.1. The van der Waals surface area contributed by atoms with Gasteiger partial charge in [0.15, 0.2) is 0 Å². The van der Waals surface area contributed by atoms with Gasteiger partial charge in [-0.2, -0.15) is 0 Å². The average Bonchev–Trinajstić information content (AvgIpc) is 2.76. The van der Waals surface area contributed by atoms with Gasteiger partial charge in [-0.25, -0.2) is 8.78 Å². The van der Waals surface area contributed by atoms with Crippen LogP contribution in [0.2, 0.25) is 0 Å². The first-order chi connectivity index (χ1) is 14.1. The Morgan fingerprint density at radius 2 is 1.59 bits per heavy atom. The van der Waals surface area contributed by atoms with Crippen LogP contribution in [-0.2, 0) is 11.3 Å². The van der Waals surface area contributed by atoms with Crippen LogP contribution in [-0.4, -0.2) is 55.0 Å². The second-order valence-corrected chi connectivity index (χ2v) is 7.93. The maximum atomic E-state index is 14.0. The smallest absolute Gasteiger partial charge is 0.227 e. The van der Waals surface area contributed by atoms with E-state index in [2.05, 4.69) is 4.90 Å². The van der Waals surface area contributed by atoms with Gasteiger partial charge in [0.1, 0.15) is 11.6 Å². The van der Waals surface area contributed by atoms with Gasteiger partial charge in [-0.1, -0.05) is 30.3 Å². The monoisotopic (exact) mass is 399 g/mol. The molecular formula is C23H27F2N3O. The van der Waals surface area contributed by atoms with Crippen molar-refractivity contribution in [1.29, 1.82) is 0 Å². The fourth-order valence-corrected chi connectivity index (χ4v) is 4.40. The van der Waals surface area contributed by atoms with Crippen molar-refractivity contribution in [3.05, 3.63) is 65.7 Å². The van der Waals surface area contributed by atoms with E-state index in [1.165, 1.54) is 12.1 Å². The van der Waals surface area contributed by atoms with Gasteiger partial charge >= 0.3 is 0 Å². The third-order valence-corrected chi connectivity index (χ3v) is 5.99. The van der Waals surface area contributed by atoms with E-state index in [9.17, 15) is 13.6 Å². The Balaban J connectivity index is 1.33. The third-order valence-electron chi connectivity index (χ3n) is 5.99. The first kappa shape index (κ1) is 19.8. The summed E-state index contributed by atoms with van der Waals surface area (Å²) in [6.45, 7) is 4.59. The Morgan fingerprint density at radius 3 is 2.31 bits per heavy atom. The molecule has 4 rings (SSSR count). The fourth-order valence-electron chi connectivity index (χ4n) is 4.40. The van der Waals surface area contributed by atoms with Crippen molar-refractivity contribution in [3.8, 4) is 0 Å². The van der Waals surface area contributed by atoms with Gasteiger partial charge in [0, 0.05) is 44.8 Å². The highest BCUT2D eigenvalue weighted by Gasteiger charge is 2.31. The van der Waals surface area contributed by atoms with Crippen LogP contribution in [0.1, 0.15) is 18.4 Å². The van der Waals surface area contributed by atoms with Crippen molar-refractivity contribution in [3.63, 3.8) is 0 Å². The molecule has 0 radical (unpaired) electrons. The molecular weight excluding hydrogens is 372 g/mol. The van der Waals surface area contributed by atoms with E-state index in [4.69, 9.17) is 0 Å². The number of hydrogen-bond donors (Lipinski definition) is 0. The molecule has 2 fully saturated rings. The van der Waals surface area contributed by atoms with Crippen LogP contribution in [0.5, 0.6) is 0 Å². The minimum Gasteiger partial charge on any atom is -0.366 e. The molecule has 2 aromatic rings. The Morgan fingerprint density at radius 1 is 0.897 bits per heavy atom. The van der Waals surface area contributed by atoms with Crippen LogP contribution < -0.4 is 4.90 Å². The Bertz CT molecular complexity index is 852. The van der Waals surface area contributed by atoms with Crippen LogP contribution in [0.15, 0.2) is 48.5 Å². The molecule has 6 heteroatoms. The highest BCUT2D eigenvalue weighted by molar-refractivity contribution is 5.79. The zero-order chi connectivity index (χ0) is 20.2. The summed E-state index contributed by atoms with van der Waals surface area (Å²) < 4.78 is 28.0. The predicted molar refractivity (Wildman–Crippen MR) is 110 cm³/mol. The lowest BCUT2D eigenvalue weighted by molar-refractivity contribution is -0.137. The standard InChI is InChI=1S/C23H27F2N3O/c24-20-8-2-1-6-18(20)16-26-11-5-7-19(17-26)23(29)28-14-12-27(13-15-28)22-10-4-3-9-21(22)25/h1-4,6,8-10,19H,5,7,11-17H2. The summed E-state index contributed by atoms with van der Waals surface area (Å²) in [6.07, 6.45) is 1.82. The molecule has 1 unspecified atom stereocenters. The largest absolute Gasteiger partial charge is 0.366 e. The van der Waals surface area contributed by atoms with Crippen molar-refractivity contribution in [2.24, 2.45) is 5.92 Å². The zero-order valence-electron chi connectivity index (χ0n) is 16.6. The molecule has 29 heavy (non-hydrogen) atoms. The molecule has 2 aromatic carbocycles. The summed E-state index contributed by atoms with van der Waals surface area (Å²) in [6, 6.07) is 13.6. The van der Waals surface area contributed by atoms with Gasteiger partial charge in [-0.05, 0) is 37.6 Å². The van der Waals surface area contributed by atoms with Crippen molar-refractivity contribution < 1.29 is 13.6 Å². The van der Waals surface area contributed by atoms with Crippen LogP contribution in [0.3, 0.4) is 0 Å². The number of halogens is 2. The third kappa shape index (κ3) is 4.58. The maximum Gasteiger partial charge on any atom is 0.227 e. The molecule has 0 saturated carbocycles. The molecule has 2 heterocycles. The molecule has 0 bridgehead atoms. The normalized spacial score (nSPS) is 20.7. The average molecular weight is 399 g/mol. The molecule has 2 aliphatic rings. The maximum absolute atomic E-state index is 14.0. The fraction of sp³-hybridized carbons (Fsp3) is 0.435. The van der Waals surface area contributed by atoms with Crippen LogP contribution in [0, 0.1) is 17.6 Å². The van der Waals surface area contributed by atoms with Crippen LogP contribution in [0.25, 0.3) is 0 Å². The molecule has 154 valence electrons. The lowest BCUT2D eigenvalue weighted by Gasteiger charge is -2.39. The van der Waals surface area contributed by atoms with Crippen LogP contribution in [0.4, 0.5) is 14.5 Å². The number of rotatable bonds is 4. The minimum atomic E-state index is -0.219. The Hall–Kier alpha value is -2.47. The summed E-state index contributed by atoms with van der Waals surface area (Å²) >= 11 is 0. The number of anilines is 1. The van der Waals surface area contributed by atoms with Crippen molar-refractivity contribution in [2.45, 2.75) is 19.4 Å². The van der Waals surface area contributed by atoms with E-state index in [1.807, 2.05) is 28.0 Å². The second kappa shape index (κ2) is 8.91. The number of benzene rings is 2. The quantitative estimate of drug-likeness (QED) is 0.787. The predicted octanol–water partition coefficient (Wildman–Crippen LogP) is 3.53. The summed E-state index contributed by atoms with van der Waals surface area (Å²) in [7, 11) is 0. The first-order valence-electron chi connectivity index (χ1n) is 10.4. The van der Waals surface area contributed by atoms with Crippen molar-refractivity contribution in [1.82, 2.24) is 9.80 Å². The van der Waals surface area contributed by atoms with E-state index in [0.29, 0.717) is 50.5 Å². The molecule has 0 aromatic heterocycles. The number of nitrogens with zero attached hydrogens (tertiary/aromatic N) is 3. The summed E-state index contributed by atoms with van der Waals surface area (Å²) in [4.78, 5) is 19.2. The molecule has 4 nitrogen and oxygen atoms in total. The van der Waals surface area contributed by atoms with Gasteiger partial charge < -0.3 is 9.80 Å². The summed E-state index contributed by atoms with van der Waals surface area (Å²) in [5.41, 5.74) is 1.28. The van der Waals surface area contributed by atoms with E-state index in [1.54, 1.807) is 18.2 Å². The number of likely N-dealkylation sites (tertiary alicyclic amines) is 1. The van der Waals surface area contributed by atoms with Gasteiger partial charge in [0.25, 0.3) is 0 Å². The number of piperazine rings is 1. The van der Waals surface area contributed by atoms with Gasteiger partial charge in [0.2, 0.25) is 5.91 Å². The second-order valence-electron chi connectivity index (χ2n) is 7.93. The number of hydrogen-bond acceptors (Lipinski definition) is 3. The van der Waals surface area contributed by atoms with Gasteiger partial charge in [0.05, 0.1) is 11.6 Å². The van der Waals surface area contributed by atoms with E-state index in [-0.39, 0.29) is 23.5 Å². The molecule has 0 N–H and O–H groups in total. The lowest BCUT2D eigenvalue weighted by atomic mass is 9.95. The number of para-hydroxylation sites is 1. The molecule has 2 aliphatic heterocycles.